The third-order valence-corrected chi connectivity index (χ3v) is 10.2. The van der Waals surface area contributed by atoms with Crippen molar-refractivity contribution in [2.24, 2.45) is 0 Å². The molecule has 1 aliphatic heterocycles. The van der Waals surface area contributed by atoms with Gasteiger partial charge in [0.2, 0.25) is 15.9 Å². The number of thioether (sulfide) groups is 1. The first kappa shape index (κ1) is 31.2. The van der Waals surface area contributed by atoms with Crippen LogP contribution in [-0.2, 0) is 37.2 Å². The van der Waals surface area contributed by atoms with E-state index in [9.17, 15) is 27.9 Å². The smallest absolute Gasteiger partial charge is 0.326 e. The molecule has 2 heterocycles. The number of Topliss-reactive ketones (excluding diaryl/α,β-unsaturated/α-hetero) is 1. The minimum absolute atomic E-state index is 0.00927. The summed E-state index contributed by atoms with van der Waals surface area (Å²) < 4.78 is 27.8. The molecule has 0 spiro atoms. The monoisotopic (exact) mass is 610 g/mol. The second kappa shape index (κ2) is 14.4. The summed E-state index contributed by atoms with van der Waals surface area (Å²) >= 11 is 1.32. The molecule has 222 valence electrons. The number of aromatic nitrogens is 1. The fraction of sp³-hybridized carbons (Fsp3) is 0.333. The molecule has 3 atom stereocenters. The standard InChI is InChI=1S/C30H34N4O6S2/c1-21-34(42(39,40)25-9-3-2-4-10-25)27(20-41-21)29(36)33-26(30(37)38)19-23-14-12-22(13-15-23)18-24(35)8-7-17-32-28-11-5-6-16-31-28/h2-6,9-16,21,26-27H,7-8,17-20H2,1H3,(H,31,32)(H,33,36)(H,37,38)/t21?,26?,27-/m0/s1. The van der Waals surface area contributed by atoms with Crippen molar-refractivity contribution in [2.75, 3.05) is 17.6 Å². The molecule has 1 fully saturated rings. The van der Waals surface area contributed by atoms with Crippen LogP contribution in [0.15, 0.2) is 83.9 Å². The Morgan fingerprint density at radius 3 is 2.38 bits per heavy atom. The van der Waals surface area contributed by atoms with Crippen molar-refractivity contribution >= 4 is 45.3 Å². The SMILES string of the molecule is CC1SC[C@@H](C(=O)NC(Cc2ccc(CC(=O)CCCNc3ccccn3)cc2)C(=O)O)N1S(=O)(=O)c1ccccc1. The van der Waals surface area contributed by atoms with E-state index >= 15 is 0 Å². The number of rotatable bonds is 14. The number of sulfonamides is 1. The Hall–Kier alpha value is -3.74. The number of hydrogen-bond acceptors (Lipinski definition) is 8. The van der Waals surface area contributed by atoms with Gasteiger partial charge in [0.05, 0.1) is 10.3 Å². The number of pyridine rings is 1. The van der Waals surface area contributed by atoms with Crippen molar-refractivity contribution in [1.82, 2.24) is 14.6 Å². The number of carboxylic acids is 1. The topological polar surface area (TPSA) is 146 Å². The van der Waals surface area contributed by atoms with Crippen LogP contribution < -0.4 is 10.6 Å². The maximum atomic E-state index is 13.3. The summed E-state index contributed by atoms with van der Waals surface area (Å²) in [5.74, 6) is -0.799. The number of anilines is 1. The number of ketones is 1. The van der Waals surface area contributed by atoms with E-state index in [1.54, 1.807) is 55.6 Å². The Labute approximate surface area is 250 Å². The quantitative estimate of drug-likeness (QED) is 0.234. The lowest BCUT2D eigenvalue weighted by Crippen LogP contribution is -2.53. The van der Waals surface area contributed by atoms with E-state index < -0.39 is 39.4 Å². The molecule has 0 bridgehead atoms. The highest BCUT2D eigenvalue weighted by molar-refractivity contribution is 8.01. The van der Waals surface area contributed by atoms with Gasteiger partial charge in [-0.05, 0) is 48.7 Å². The molecule has 4 rings (SSSR count). The third-order valence-electron chi connectivity index (χ3n) is 6.86. The van der Waals surface area contributed by atoms with Gasteiger partial charge in [-0.1, -0.05) is 48.5 Å². The highest BCUT2D eigenvalue weighted by atomic mass is 32.2. The largest absolute Gasteiger partial charge is 0.480 e. The molecule has 0 saturated carbocycles. The van der Waals surface area contributed by atoms with Gasteiger partial charge in [0.25, 0.3) is 0 Å². The number of carbonyl (C=O) groups excluding carboxylic acids is 2. The summed E-state index contributed by atoms with van der Waals surface area (Å²) in [5.41, 5.74) is 1.48. The number of nitrogens with one attached hydrogen (secondary N) is 2. The summed E-state index contributed by atoms with van der Waals surface area (Å²) in [4.78, 5) is 41.9. The summed E-state index contributed by atoms with van der Waals surface area (Å²) in [7, 11) is -3.96. The summed E-state index contributed by atoms with van der Waals surface area (Å²) in [6, 6.07) is 18.2. The molecule has 3 aromatic rings. The number of nitrogens with zero attached hydrogens (tertiary/aromatic N) is 2. The van der Waals surface area contributed by atoms with Crippen LogP contribution in [0.4, 0.5) is 5.82 Å². The van der Waals surface area contributed by atoms with Crippen LogP contribution in [0.5, 0.6) is 0 Å². The minimum Gasteiger partial charge on any atom is -0.480 e. The van der Waals surface area contributed by atoms with Gasteiger partial charge in [-0.2, -0.15) is 4.31 Å². The van der Waals surface area contributed by atoms with Gasteiger partial charge in [-0.3, -0.25) is 9.59 Å². The minimum atomic E-state index is -3.96. The Kier molecular flexibility index (Phi) is 10.7. The van der Waals surface area contributed by atoms with E-state index in [4.69, 9.17) is 0 Å². The third kappa shape index (κ3) is 8.17. The van der Waals surface area contributed by atoms with Crippen LogP contribution in [0.25, 0.3) is 0 Å². The molecule has 1 aliphatic rings. The van der Waals surface area contributed by atoms with Crippen LogP contribution in [0.3, 0.4) is 0 Å². The van der Waals surface area contributed by atoms with Crippen molar-refractivity contribution in [3.63, 3.8) is 0 Å². The summed E-state index contributed by atoms with van der Waals surface area (Å²) in [5, 5.41) is 15.1. The van der Waals surface area contributed by atoms with E-state index in [-0.39, 0.29) is 29.3 Å². The molecule has 0 radical (unpaired) electrons. The van der Waals surface area contributed by atoms with Gasteiger partial charge in [-0.15, -0.1) is 11.8 Å². The normalized spacial score (nSPS) is 17.8. The fourth-order valence-electron chi connectivity index (χ4n) is 4.68. The molecule has 10 nitrogen and oxygen atoms in total. The second-order valence-corrected chi connectivity index (χ2v) is 13.2. The molecular formula is C30H34N4O6S2. The Bertz CT molecular complexity index is 1470. The van der Waals surface area contributed by atoms with Crippen molar-refractivity contribution in [2.45, 2.75) is 55.0 Å². The molecule has 1 amide bonds. The lowest BCUT2D eigenvalue weighted by atomic mass is 10.0. The predicted octanol–water partition coefficient (Wildman–Crippen LogP) is 3.35. The molecule has 0 aliphatic carbocycles. The number of carbonyl (C=O) groups is 3. The molecule has 1 aromatic heterocycles. The molecule has 2 unspecified atom stereocenters. The zero-order chi connectivity index (χ0) is 30.1. The van der Waals surface area contributed by atoms with Crippen molar-refractivity contribution in [3.05, 3.63) is 90.1 Å². The number of hydrogen-bond donors (Lipinski definition) is 3. The number of benzene rings is 2. The second-order valence-electron chi connectivity index (χ2n) is 9.98. The van der Waals surface area contributed by atoms with Gasteiger partial charge in [0, 0.05) is 37.8 Å². The zero-order valence-corrected chi connectivity index (χ0v) is 24.8. The van der Waals surface area contributed by atoms with Crippen LogP contribution in [-0.4, -0.2) is 70.2 Å². The first-order valence-corrected chi connectivity index (χ1v) is 16.1. The molecule has 2 aromatic carbocycles. The van der Waals surface area contributed by atoms with Crippen LogP contribution in [0, 0.1) is 0 Å². The average Bonchev–Trinajstić information content (AvgIpc) is 3.39. The fourth-order valence-corrected chi connectivity index (χ4v) is 8.01. The van der Waals surface area contributed by atoms with Gasteiger partial charge >= 0.3 is 5.97 Å². The average molecular weight is 611 g/mol. The van der Waals surface area contributed by atoms with Crippen molar-refractivity contribution in [1.29, 1.82) is 0 Å². The Balaban J connectivity index is 1.31. The first-order valence-electron chi connectivity index (χ1n) is 13.6. The van der Waals surface area contributed by atoms with Gasteiger partial charge < -0.3 is 15.7 Å². The van der Waals surface area contributed by atoms with E-state index in [1.165, 1.54) is 23.9 Å². The van der Waals surface area contributed by atoms with Crippen LogP contribution >= 0.6 is 11.8 Å². The highest BCUT2D eigenvalue weighted by Gasteiger charge is 2.45. The summed E-state index contributed by atoms with van der Waals surface area (Å²) in [6.45, 7) is 2.34. The van der Waals surface area contributed by atoms with Gasteiger partial charge in [-0.25, -0.2) is 18.2 Å². The maximum absolute atomic E-state index is 13.3. The zero-order valence-electron chi connectivity index (χ0n) is 23.2. The predicted molar refractivity (Wildman–Crippen MR) is 162 cm³/mol. The lowest BCUT2D eigenvalue weighted by molar-refractivity contribution is -0.142. The Morgan fingerprint density at radius 1 is 1.02 bits per heavy atom. The van der Waals surface area contributed by atoms with E-state index in [0.717, 1.165) is 15.7 Å². The maximum Gasteiger partial charge on any atom is 0.326 e. The highest BCUT2D eigenvalue weighted by Crippen LogP contribution is 2.34. The Morgan fingerprint density at radius 2 is 1.71 bits per heavy atom. The van der Waals surface area contributed by atoms with E-state index in [1.807, 2.05) is 18.2 Å². The van der Waals surface area contributed by atoms with Gasteiger partial charge in [0.1, 0.15) is 23.7 Å². The first-order chi connectivity index (χ1) is 20.1. The van der Waals surface area contributed by atoms with E-state index in [2.05, 4.69) is 15.6 Å². The molecular weight excluding hydrogens is 576 g/mol. The molecule has 12 heteroatoms. The lowest BCUT2D eigenvalue weighted by Gasteiger charge is -2.27. The van der Waals surface area contributed by atoms with Crippen LogP contribution in [0.1, 0.15) is 30.9 Å². The van der Waals surface area contributed by atoms with Crippen molar-refractivity contribution in [3.8, 4) is 0 Å². The van der Waals surface area contributed by atoms with Gasteiger partial charge in [0.15, 0.2) is 0 Å². The summed E-state index contributed by atoms with van der Waals surface area (Å²) in [6.07, 6.45) is 3.08. The number of aliphatic carboxylic acids is 1. The van der Waals surface area contributed by atoms with Crippen molar-refractivity contribution < 1.29 is 27.9 Å². The van der Waals surface area contributed by atoms with Crippen LogP contribution in [0.2, 0.25) is 0 Å². The number of carboxylic acid groups (broad SMARTS) is 1. The number of amides is 1. The molecule has 1 saturated heterocycles. The van der Waals surface area contributed by atoms with E-state index in [0.29, 0.717) is 24.9 Å². The molecule has 3 N–H and O–H groups in total. The molecule has 42 heavy (non-hydrogen) atoms.